The number of amides is 1. The van der Waals surface area contributed by atoms with E-state index in [0.717, 1.165) is 35.4 Å². The fourth-order valence-corrected chi connectivity index (χ4v) is 3.79. The Labute approximate surface area is 169 Å². The van der Waals surface area contributed by atoms with Gasteiger partial charge in [-0.25, -0.2) is 4.98 Å². The quantitative estimate of drug-likeness (QED) is 0.558. The van der Waals surface area contributed by atoms with E-state index in [4.69, 9.17) is 9.47 Å². The van der Waals surface area contributed by atoms with Crippen molar-refractivity contribution in [2.24, 2.45) is 0 Å². The molecule has 1 aromatic heterocycles. The molecule has 0 bridgehead atoms. The molecule has 28 heavy (non-hydrogen) atoms. The van der Waals surface area contributed by atoms with E-state index in [9.17, 15) is 4.79 Å². The predicted molar refractivity (Wildman–Crippen MR) is 113 cm³/mol. The number of hydrogen-bond donors (Lipinski definition) is 1. The average Bonchev–Trinajstić information content (AvgIpc) is 3.20. The molecule has 0 aliphatic carbocycles. The summed E-state index contributed by atoms with van der Waals surface area (Å²) < 4.78 is 10.7. The van der Waals surface area contributed by atoms with Gasteiger partial charge in [0.1, 0.15) is 11.5 Å². The highest BCUT2D eigenvalue weighted by atomic mass is 32.1. The molecule has 1 N–H and O–H groups in total. The normalized spacial score (nSPS) is 11.7. The molecule has 5 nitrogen and oxygen atoms in total. The Kier molecular flexibility index (Phi) is 6.66. The molecule has 0 saturated heterocycles. The molecule has 0 aliphatic heterocycles. The highest BCUT2D eigenvalue weighted by Gasteiger charge is 2.21. The molecular formula is C22H24N2O3S. The zero-order valence-corrected chi connectivity index (χ0v) is 17.1. The maximum Gasteiger partial charge on any atom is 0.233 e. The lowest BCUT2D eigenvalue weighted by atomic mass is 9.94. The number of thiazole rings is 1. The molecular weight excluding hydrogens is 372 g/mol. The number of rotatable bonds is 8. The first-order chi connectivity index (χ1) is 13.7. The van der Waals surface area contributed by atoms with Crippen LogP contribution in [0.2, 0.25) is 0 Å². The van der Waals surface area contributed by atoms with Gasteiger partial charge in [0.05, 0.1) is 25.8 Å². The fraction of sp³-hybridized carbons (Fsp3) is 0.273. The van der Waals surface area contributed by atoms with Crippen LogP contribution in [-0.4, -0.2) is 25.1 Å². The van der Waals surface area contributed by atoms with Crippen molar-refractivity contribution in [2.75, 3.05) is 19.5 Å². The summed E-state index contributed by atoms with van der Waals surface area (Å²) in [6, 6.07) is 15.5. The van der Waals surface area contributed by atoms with E-state index in [1.165, 1.54) is 11.3 Å². The third-order valence-corrected chi connectivity index (χ3v) is 5.27. The maximum atomic E-state index is 12.9. The van der Waals surface area contributed by atoms with Crippen molar-refractivity contribution >= 4 is 22.4 Å². The monoisotopic (exact) mass is 396 g/mol. The summed E-state index contributed by atoms with van der Waals surface area (Å²) in [5.41, 5.74) is 2.63. The highest BCUT2D eigenvalue weighted by molar-refractivity contribution is 7.14. The second-order valence-corrected chi connectivity index (χ2v) is 7.20. The maximum absolute atomic E-state index is 12.9. The van der Waals surface area contributed by atoms with Crippen molar-refractivity contribution in [1.82, 2.24) is 4.98 Å². The Bertz CT molecular complexity index is 925. The lowest BCUT2D eigenvalue weighted by Crippen LogP contribution is -2.21. The summed E-state index contributed by atoms with van der Waals surface area (Å²) in [6.07, 6.45) is 1.72. The van der Waals surface area contributed by atoms with Gasteiger partial charge in [0.25, 0.3) is 0 Å². The number of ether oxygens (including phenoxy) is 2. The Balaban J connectivity index is 1.79. The third kappa shape index (κ3) is 4.51. The van der Waals surface area contributed by atoms with Crippen LogP contribution in [0.25, 0.3) is 11.3 Å². The first-order valence-corrected chi connectivity index (χ1v) is 10.1. The van der Waals surface area contributed by atoms with Crippen molar-refractivity contribution in [1.29, 1.82) is 0 Å². The first-order valence-electron chi connectivity index (χ1n) is 9.20. The number of carbonyl (C=O) groups excluding carboxylic acids is 1. The molecule has 0 aliphatic rings. The van der Waals surface area contributed by atoms with Crippen LogP contribution in [0.4, 0.5) is 5.13 Å². The van der Waals surface area contributed by atoms with Crippen LogP contribution >= 0.6 is 11.3 Å². The molecule has 0 fully saturated rings. The van der Waals surface area contributed by atoms with Crippen molar-refractivity contribution in [2.45, 2.75) is 25.7 Å². The number of nitrogens with one attached hydrogen (secondary N) is 1. The van der Waals surface area contributed by atoms with Crippen LogP contribution in [0, 0.1) is 0 Å². The molecule has 1 amide bonds. The van der Waals surface area contributed by atoms with Gasteiger partial charge in [0, 0.05) is 17.0 Å². The molecule has 0 saturated carbocycles. The Hall–Kier alpha value is -2.86. The summed E-state index contributed by atoms with van der Waals surface area (Å²) in [5, 5.41) is 5.47. The minimum atomic E-state index is -0.186. The van der Waals surface area contributed by atoms with Gasteiger partial charge < -0.3 is 14.8 Å². The summed E-state index contributed by atoms with van der Waals surface area (Å²) in [4.78, 5) is 17.5. The van der Waals surface area contributed by atoms with Gasteiger partial charge in [0.2, 0.25) is 5.91 Å². The lowest BCUT2D eigenvalue weighted by molar-refractivity contribution is -0.117. The number of hydrogen-bond acceptors (Lipinski definition) is 5. The minimum absolute atomic E-state index is 0.0318. The number of anilines is 1. The predicted octanol–water partition coefficient (Wildman–Crippen LogP) is 5.35. The van der Waals surface area contributed by atoms with E-state index in [1.807, 2.05) is 53.9 Å². The van der Waals surface area contributed by atoms with Crippen LogP contribution in [0.3, 0.4) is 0 Å². The summed E-state index contributed by atoms with van der Waals surface area (Å²) in [6.45, 7) is 2.08. The van der Waals surface area contributed by atoms with E-state index in [0.29, 0.717) is 10.9 Å². The molecule has 0 unspecified atom stereocenters. The summed E-state index contributed by atoms with van der Waals surface area (Å²) >= 11 is 1.40. The van der Waals surface area contributed by atoms with E-state index >= 15 is 0 Å². The van der Waals surface area contributed by atoms with Gasteiger partial charge in [-0.2, -0.15) is 0 Å². The Morgan fingerprint density at radius 1 is 1.14 bits per heavy atom. The SMILES string of the molecule is CCC[C@@H](C(=O)Nc1nc(-c2ccc(OC)cc2OC)cs1)c1ccccc1. The van der Waals surface area contributed by atoms with Gasteiger partial charge in [-0.3, -0.25) is 4.79 Å². The zero-order valence-electron chi connectivity index (χ0n) is 16.3. The Morgan fingerprint density at radius 2 is 1.93 bits per heavy atom. The van der Waals surface area contributed by atoms with E-state index in [2.05, 4.69) is 17.2 Å². The Morgan fingerprint density at radius 3 is 2.61 bits per heavy atom. The molecule has 0 radical (unpaired) electrons. The fourth-order valence-electron chi connectivity index (χ4n) is 3.08. The topological polar surface area (TPSA) is 60.5 Å². The number of benzene rings is 2. The molecule has 6 heteroatoms. The van der Waals surface area contributed by atoms with Crippen LogP contribution in [0.1, 0.15) is 31.2 Å². The van der Waals surface area contributed by atoms with Crippen molar-refractivity contribution in [3.8, 4) is 22.8 Å². The number of nitrogens with zero attached hydrogens (tertiary/aromatic N) is 1. The van der Waals surface area contributed by atoms with Gasteiger partial charge in [-0.05, 0) is 24.1 Å². The first kappa shape index (κ1) is 19.9. The van der Waals surface area contributed by atoms with Gasteiger partial charge in [-0.1, -0.05) is 43.7 Å². The van der Waals surface area contributed by atoms with Gasteiger partial charge in [0.15, 0.2) is 5.13 Å². The highest BCUT2D eigenvalue weighted by Crippen LogP contribution is 2.35. The van der Waals surface area contributed by atoms with E-state index in [-0.39, 0.29) is 11.8 Å². The second kappa shape index (κ2) is 9.37. The van der Waals surface area contributed by atoms with Gasteiger partial charge >= 0.3 is 0 Å². The number of methoxy groups -OCH3 is 2. The molecule has 0 spiro atoms. The van der Waals surface area contributed by atoms with Crippen molar-refractivity contribution in [3.63, 3.8) is 0 Å². The standard InChI is InChI=1S/C22H24N2O3S/c1-4-8-17(15-9-6-5-7-10-15)21(25)24-22-23-19(14-28-22)18-12-11-16(26-2)13-20(18)27-3/h5-7,9-14,17H,4,8H2,1-3H3,(H,23,24,25)/t17-/m1/s1. The van der Waals surface area contributed by atoms with Crippen LogP contribution in [0.15, 0.2) is 53.9 Å². The third-order valence-electron chi connectivity index (χ3n) is 4.51. The molecule has 1 atom stereocenters. The van der Waals surface area contributed by atoms with Crippen LogP contribution in [0.5, 0.6) is 11.5 Å². The van der Waals surface area contributed by atoms with E-state index < -0.39 is 0 Å². The van der Waals surface area contributed by atoms with Crippen LogP contribution < -0.4 is 14.8 Å². The lowest BCUT2D eigenvalue weighted by Gasteiger charge is -2.15. The van der Waals surface area contributed by atoms with E-state index in [1.54, 1.807) is 14.2 Å². The summed E-state index contributed by atoms with van der Waals surface area (Å²) in [7, 11) is 3.23. The van der Waals surface area contributed by atoms with Gasteiger partial charge in [-0.15, -0.1) is 11.3 Å². The molecule has 1 heterocycles. The van der Waals surface area contributed by atoms with Crippen LogP contribution in [-0.2, 0) is 4.79 Å². The summed E-state index contributed by atoms with van der Waals surface area (Å²) in [5.74, 6) is 1.18. The van der Waals surface area contributed by atoms with Crippen molar-refractivity contribution < 1.29 is 14.3 Å². The molecule has 146 valence electrons. The van der Waals surface area contributed by atoms with Crippen molar-refractivity contribution in [3.05, 3.63) is 59.5 Å². The second-order valence-electron chi connectivity index (χ2n) is 6.35. The molecule has 3 rings (SSSR count). The zero-order chi connectivity index (χ0) is 19.9. The largest absolute Gasteiger partial charge is 0.497 e. The number of carbonyl (C=O) groups is 1. The average molecular weight is 397 g/mol. The molecule has 3 aromatic rings. The molecule has 2 aromatic carbocycles. The smallest absolute Gasteiger partial charge is 0.233 e. The number of aromatic nitrogens is 1. The minimum Gasteiger partial charge on any atom is -0.497 e.